The molecule has 2 aromatic carbocycles. The summed E-state index contributed by atoms with van der Waals surface area (Å²) in [5.41, 5.74) is 2.09. The van der Waals surface area contributed by atoms with Crippen molar-refractivity contribution < 1.29 is 13.2 Å². The van der Waals surface area contributed by atoms with Gasteiger partial charge < -0.3 is 4.74 Å². The zero-order chi connectivity index (χ0) is 17.9. The van der Waals surface area contributed by atoms with Crippen LogP contribution in [0.5, 0.6) is 5.75 Å². The molecule has 2 aromatic rings. The van der Waals surface area contributed by atoms with Gasteiger partial charge in [-0.3, -0.25) is 0 Å². The quantitative estimate of drug-likeness (QED) is 0.819. The second-order valence-electron chi connectivity index (χ2n) is 6.67. The Bertz CT molecular complexity index is 807. The van der Waals surface area contributed by atoms with E-state index >= 15 is 0 Å². The molecule has 3 rings (SSSR count). The van der Waals surface area contributed by atoms with Gasteiger partial charge in [-0.2, -0.15) is 4.31 Å². The molecule has 0 saturated carbocycles. The number of nitrogens with zero attached hydrogens (tertiary/aromatic N) is 1. The average molecular weight is 359 g/mol. The Kier molecular flexibility index (Phi) is 5.45. The highest BCUT2D eigenvalue weighted by molar-refractivity contribution is 7.89. The van der Waals surface area contributed by atoms with Crippen LogP contribution in [-0.4, -0.2) is 32.9 Å². The minimum Gasteiger partial charge on any atom is -0.497 e. The SMILES string of the molecule is COc1ccc(CC2CCN(S(=O)(=O)c3ccccc3C)CC2)cc1. The van der Waals surface area contributed by atoms with E-state index in [-0.39, 0.29) is 0 Å². The Hall–Kier alpha value is -1.85. The van der Waals surface area contributed by atoms with Gasteiger partial charge in [-0.1, -0.05) is 30.3 Å². The van der Waals surface area contributed by atoms with Gasteiger partial charge in [-0.05, 0) is 61.4 Å². The molecule has 5 heteroatoms. The monoisotopic (exact) mass is 359 g/mol. The van der Waals surface area contributed by atoms with Crippen LogP contribution in [0, 0.1) is 12.8 Å². The molecule has 1 aliphatic heterocycles. The highest BCUT2D eigenvalue weighted by Crippen LogP contribution is 2.27. The number of ether oxygens (including phenoxy) is 1. The topological polar surface area (TPSA) is 46.6 Å². The first-order valence-electron chi connectivity index (χ1n) is 8.69. The van der Waals surface area contributed by atoms with Gasteiger partial charge in [-0.25, -0.2) is 8.42 Å². The predicted molar refractivity (Wildman–Crippen MR) is 99.4 cm³/mol. The highest BCUT2D eigenvalue weighted by atomic mass is 32.2. The van der Waals surface area contributed by atoms with Crippen LogP contribution in [0.15, 0.2) is 53.4 Å². The van der Waals surface area contributed by atoms with Gasteiger partial charge in [0.1, 0.15) is 5.75 Å². The second-order valence-corrected chi connectivity index (χ2v) is 8.57. The van der Waals surface area contributed by atoms with Crippen molar-refractivity contribution in [3.63, 3.8) is 0 Å². The van der Waals surface area contributed by atoms with Gasteiger partial charge in [0.15, 0.2) is 0 Å². The normalized spacial score (nSPS) is 16.7. The van der Waals surface area contributed by atoms with E-state index in [4.69, 9.17) is 4.74 Å². The van der Waals surface area contributed by atoms with Crippen LogP contribution in [0.1, 0.15) is 24.0 Å². The zero-order valence-electron chi connectivity index (χ0n) is 14.8. The third-order valence-corrected chi connectivity index (χ3v) is 7.03. The number of rotatable bonds is 5. The number of hydrogen-bond donors (Lipinski definition) is 0. The maximum atomic E-state index is 12.9. The fraction of sp³-hybridized carbons (Fsp3) is 0.400. The van der Waals surface area contributed by atoms with E-state index in [1.165, 1.54) is 5.56 Å². The lowest BCUT2D eigenvalue weighted by Gasteiger charge is -2.31. The fourth-order valence-corrected chi connectivity index (χ4v) is 5.13. The second kappa shape index (κ2) is 7.58. The van der Waals surface area contributed by atoms with Crippen molar-refractivity contribution >= 4 is 10.0 Å². The molecule has 4 nitrogen and oxygen atoms in total. The number of aryl methyl sites for hydroxylation is 1. The third kappa shape index (κ3) is 4.05. The van der Waals surface area contributed by atoms with Crippen molar-refractivity contribution in [1.82, 2.24) is 4.31 Å². The molecule has 0 aliphatic carbocycles. The molecule has 1 saturated heterocycles. The van der Waals surface area contributed by atoms with Crippen molar-refractivity contribution in [2.45, 2.75) is 31.1 Å². The lowest BCUT2D eigenvalue weighted by molar-refractivity contribution is 0.272. The van der Waals surface area contributed by atoms with Crippen molar-refractivity contribution in [3.05, 3.63) is 59.7 Å². The van der Waals surface area contributed by atoms with Gasteiger partial charge in [0, 0.05) is 13.1 Å². The van der Waals surface area contributed by atoms with Crippen molar-refractivity contribution in [3.8, 4) is 5.75 Å². The van der Waals surface area contributed by atoms with Crippen molar-refractivity contribution in [2.75, 3.05) is 20.2 Å². The van der Waals surface area contributed by atoms with Gasteiger partial charge in [0.05, 0.1) is 12.0 Å². The van der Waals surface area contributed by atoms with Crippen LogP contribution < -0.4 is 4.74 Å². The van der Waals surface area contributed by atoms with Crippen LogP contribution >= 0.6 is 0 Å². The summed E-state index contributed by atoms with van der Waals surface area (Å²) in [4.78, 5) is 0.434. The minimum absolute atomic E-state index is 0.434. The Balaban J connectivity index is 1.62. The van der Waals surface area contributed by atoms with E-state index in [0.717, 1.165) is 30.6 Å². The molecule has 0 amide bonds. The van der Waals surface area contributed by atoms with Crippen LogP contribution in [0.3, 0.4) is 0 Å². The molecular weight excluding hydrogens is 334 g/mol. The minimum atomic E-state index is -3.38. The Morgan fingerprint density at radius 1 is 1.04 bits per heavy atom. The lowest BCUT2D eigenvalue weighted by atomic mass is 9.91. The Morgan fingerprint density at radius 3 is 2.28 bits per heavy atom. The van der Waals surface area contributed by atoms with Gasteiger partial charge in [0.2, 0.25) is 10.0 Å². The number of sulfonamides is 1. The van der Waals surface area contributed by atoms with E-state index in [0.29, 0.717) is 23.9 Å². The standard InChI is InChI=1S/C20H25NO3S/c1-16-5-3-4-6-20(16)25(22,23)21-13-11-18(12-14-21)15-17-7-9-19(24-2)10-8-17/h3-10,18H,11-15H2,1-2H3. The van der Waals surface area contributed by atoms with E-state index in [1.807, 2.05) is 31.2 Å². The van der Waals surface area contributed by atoms with Crippen LogP contribution in [0.2, 0.25) is 0 Å². The predicted octanol–water partition coefficient (Wildman–Crippen LogP) is 3.65. The number of hydrogen-bond acceptors (Lipinski definition) is 3. The molecule has 0 bridgehead atoms. The first kappa shape index (κ1) is 18.0. The molecule has 1 fully saturated rings. The molecule has 134 valence electrons. The number of benzene rings is 2. The molecule has 25 heavy (non-hydrogen) atoms. The summed E-state index contributed by atoms with van der Waals surface area (Å²) in [5.74, 6) is 1.39. The molecule has 0 atom stereocenters. The van der Waals surface area contributed by atoms with Crippen LogP contribution in [0.4, 0.5) is 0 Å². The first-order valence-corrected chi connectivity index (χ1v) is 10.1. The summed E-state index contributed by atoms with van der Waals surface area (Å²) in [6.07, 6.45) is 2.79. The smallest absolute Gasteiger partial charge is 0.243 e. The Labute approximate surface area is 150 Å². The fourth-order valence-electron chi connectivity index (χ4n) is 3.43. The van der Waals surface area contributed by atoms with E-state index in [1.54, 1.807) is 23.5 Å². The maximum absolute atomic E-state index is 12.9. The molecule has 0 N–H and O–H groups in total. The first-order chi connectivity index (χ1) is 12.0. The maximum Gasteiger partial charge on any atom is 0.243 e. The molecule has 1 heterocycles. The van der Waals surface area contributed by atoms with E-state index in [2.05, 4.69) is 12.1 Å². The van der Waals surface area contributed by atoms with Crippen molar-refractivity contribution in [2.24, 2.45) is 5.92 Å². The molecule has 1 aliphatic rings. The molecule has 0 unspecified atom stereocenters. The summed E-state index contributed by atoms with van der Waals surface area (Å²) in [5, 5.41) is 0. The molecule has 0 aromatic heterocycles. The summed E-state index contributed by atoms with van der Waals surface area (Å²) in [7, 11) is -1.71. The zero-order valence-corrected chi connectivity index (χ0v) is 15.6. The summed E-state index contributed by atoms with van der Waals surface area (Å²) in [6, 6.07) is 15.4. The summed E-state index contributed by atoms with van der Waals surface area (Å²) in [6.45, 7) is 3.04. The number of methoxy groups -OCH3 is 1. The van der Waals surface area contributed by atoms with Crippen molar-refractivity contribution in [1.29, 1.82) is 0 Å². The third-order valence-electron chi connectivity index (χ3n) is 4.97. The van der Waals surface area contributed by atoms with Gasteiger partial charge in [0.25, 0.3) is 0 Å². The molecular formula is C20H25NO3S. The van der Waals surface area contributed by atoms with E-state index < -0.39 is 10.0 Å². The Morgan fingerprint density at radius 2 is 1.68 bits per heavy atom. The van der Waals surface area contributed by atoms with Crippen LogP contribution in [-0.2, 0) is 16.4 Å². The molecule has 0 spiro atoms. The number of piperidine rings is 1. The summed E-state index contributed by atoms with van der Waals surface area (Å²) < 4.78 is 32.5. The highest BCUT2D eigenvalue weighted by Gasteiger charge is 2.30. The van der Waals surface area contributed by atoms with Crippen LogP contribution in [0.25, 0.3) is 0 Å². The summed E-state index contributed by atoms with van der Waals surface area (Å²) >= 11 is 0. The largest absolute Gasteiger partial charge is 0.497 e. The van der Waals surface area contributed by atoms with Gasteiger partial charge in [-0.15, -0.1) is 0 Å². The van der Waals surface area contributed by atoms with Gasteiger partial charge >= 0.3 is 0 Å². The van der Waals surface area contributed by atoms with E-state index in [9.17, 15) is 8.42 Å². The average Bonchev–Trinajstić information content (AvgIpc) is 2.63. The lowest BCUT2D eigenvalue weighted by Crippen LogP contribution is -2.39. The molecule has 0 radical (unpaired) electrons.